The summed E-state index contributed by atoms with van der Waals surface area (Å²) in [4.78, 5) is 26.7. The third kappa shape index (κ3) is 13.3. The molecule has 2 fully saturated rings. The Labute approximate surface area is 379 Å². The maximum atomic E-state index is 13.4. The van der Waals surface area contributed by atoms with Crippen LogP contribution in [0.15, 0.2) is 130 Å². The number of aliphatic hydroxyl groups excluding tert-OH is 6. The van der Waals surface area contributed by atoms with Gasteiger partial charge < -0.3 is 49.6 Å². The molecule has 0 saturated carbocycles. The van der Waals surface area contributed by atoms with Crippen LogP contribution in [0.1, 0.15) is 95.9 Å². The van der Waals surface area contributed by atoms with Crippen LogP contribution in [0.4, 0.5) is 0 Å². The van der Waals surface area contributed by atoms with Gasteiger partial charge in [-0.15, -0.1) is 0 Å². The molecule has 352 valence electrons. The summed E-state index contributed by atoms with van der Waals surface area (Å²) in [6.45, 7) is 22.9. The molecule has 0 unspecified atom stereocenters. The number of rotatable bonds is 14. The molecule has 2 saturated heterocycles. The maximum Gasteiger partial charge on any atom is 0.187 e. The molecule has 0 aromatic heterocycles. The number of carbonyl (C=O) groups is 2. The second-order valence-corrected chi connectivity index (χ2v) is 19.0. The van der Waals surface area contributed by atoms with E-state index in [1.807, 2.05) is 140 Å². The van der Waals surface area contributed by atoms with Gasteiger partial charge in [0.05, 0.1) is 12.2 Å². The minimum absolute atomic E-state index is 0.206. The summed E-state index contributed by atoms with van der Waals surface area (Å²) in [5.41, 5.74) is 6.21. The van der Waals surface area contributed by atoms with Crippen molar-refractivity contribution in [3.05, 3.63) is 130 Å². The van der Waals surface area contributed by atoms with Crippen molar-refractivity contribution < 1.29 is 59.2 Å². The van der Waals surface area contributed by atoms with Gasteiger partial charge in [0, 0.05) is 0 Å². The van der Waals surface area contributed by atoms with Crippen molar-refractivity contribution in [2.24, 2.45) is 10.8 Å². The van der Waals surface area contributed by atoms with Crippen LogP contribution >= 0.6 is 0 Å². The first-order chi connectivity index (χ1) is 29.9. The van der Waals surface area contributed by atoms with Crippen LogP contribution in [0.3, 0.4) is 0 Å². The SMILES string of the molecule is CC1=C(/C=C/C(C)=C/C=C/C(C)=C/C=C/C=C(C)\C=C\C=C(C)\C=C\C2=C(C)C(=O)[C@@H](O[C@@H]3O[C@@H](C)[C@H](O)[C@@H](O)[C@H]3O)CC2(C)C)C(C)(C)C[C@H](O[C@@H]2O[C@@H](C)[C@H](O)[C@H](O)[C@@H]2O)C1=O. The Morgan fingerprint density at radius 2 is 0.828 bits per heavy atom. The van der Waals surface area contributed by atoms with Crippen molar-refractivity contribution in [3.8, 4) is 0 Å². The van der Waals surface area contributed by atoms with E-state index in [0.717, 1.165) is 33.4 Å². The number of ether oxygens (including phenoxy) is 4. The Hall–Kier alpha value is -3.92. The first-order valence-corrected chi connectivity index (χ1v) is 22.2. The summed E-state index contributed by atoms with van der Waals surface area (Å²) in [6, 6.07) is 0. The summed E-state index contributed by atoms with van der Waals surface area (Å²) in [5, 5.41) is 61.2. The molecule has 6 N–H and O–H groups in total. The van der Waals surface area contributed by atoms with Crippen LogP contribution in [-0.2, 0) is 28.5 Å². The minimum Gasteiger partial charge on any atom is -0.388 e. The first kappa shape index (κ1) is 52.7. The lowest BCUT2D eigenvalue weighted by Crippen LogP contribution is -2.58. The van der Waals surface area contributed by atoms with Crippen LogP contribution in [0.5, 0.6) is 0 Å². The monoisotopic (exact) mass is 889 g/mol. The summed E-state index contributed by atoms with van der Waals surface area (Å²) in [7, 11) is 0. The standard InChI is InChI=1S/C52H72O12/c1-29(19-15-21-31(3)23-25-37-33(5)41(53)39(27-51(37,9)10)63-49-47(59)45(57)43(55)35(7)61-49)17-13-14-18-30(2)20-16-22-32(4)24-26-38-34(6)42(54)40(28-52(38,11)12)64-50-48(60)46(58)44(56)36(8)62-50/h13-26,35-36,39-40,43-50,55-60H,27-28H2,1-12H3/b14-13+,19-15+,20-16+,25-23+,26-24+,29-17-,30-18+,31-21+,32-22+/t35-,36-,39-,40-,43-,44-,45+,46-,47+,48-,49-,50-/m0/s1. The number of hydrogen-bond acceptors (Lipinski definition) is 12. The quantitative estimate of drug-likeness (QED) is 0.103. The second-order valence-electron chi connectivity index (χ2n) is 19.0. The van der Waals surface area contributed by atoms with E-state index in [0.29, 0.717) is 24.0 Å². The van der Waals surface area contributed by atoms with E-state index in [2.05, 4.69) is 0 Å². The molecular formula is C52H72O12. The number of carbonyl (C=O) groups excluding carboxylic acids is 2. The normalized spacial score (nSPS) is 35.2. The molecule has 4 aliphatic rings. The van der Waals surface area contributed by atoms with Gasteiger partial charge in [0.15, 0.2) is 24.1 Å². The lowest BCUT2D eigenvalue weighted by Gasteiger charge is -2.42. The number of hydrogen-bond donors (Lipinski definition) is 6. The molecule has 2 aliphatic carbocycles. The Bertz CT molecular complexity index is 1910. The fourth-order valence-corrected chi connectivity index (χ4v) is 8.36. The van der Waals surface area contributed by atoms with Crippen LogP contribution in [0.25, 0.3) is 0 Å². The predicted molar refractivity (Wildman–Crippen MR) is 247 cm³/mol. The Morgan fingerprint density at radius 1 is 0.516 bits per heavy atom. The molecule has 0 amide bonds. The second kappa shape index (κ2) is 22.5. The minimum atomic E-state index is -1.48. The third-order valence-electron chi connectivity index (χ3n) is 12.5. The van der Waals surface area contributed by atoms with Crippen LogP contribution < -0.4 is 0 Å². The fourth-order valence-electron chi connectivity index (χ4n) is 8.36. The van der Waals surface area contributed by atoms with Gasteiger partial charge in [-0.3, -0.25) is 9.59 Å². The Morgan fingerprint density at radius 3 is 1.17 bits per heavy atom. The van der Waals surface area contributed by atoms with Gasteiger partial charge in [-0.2, -0.15) is 0 Å². The molecule has 12 atom stereocenters. The lowest BCUT2D eigenvalue weighted by atomic mass is 9.71. The van der Waals surface area contributed by atoms with E-state index in [4.69, 9.17) is 18.9 Å². The van der Waals surface area contributed by atoms with E-state index in [-0.39, 0.29) is 11.6 Å². The maximum absolute atomic E-state index is 13.4. The zero-order valence-corrected chi connectivity index (χ0v) is 39.6. The fraction of sp³-hybridized carbons (Fsp3) is 0.538. The summed E-state index contributed by atoms with van der Waals surface area (Å²) >= 11 is 0. The topological polar surface area (TPSA) is 192 Å². The smallest absolute Gasteiger partial charge is 0.187 e. The van der Waals surface area contributed by atoms with Gasteiger partial charge in [0.25, 0.3) is 0 Å². The van der Waals surface area contributed by atoms with Crippen LogP contribution in [-0.4, -0.2) is 116 Å². The van der Waals surface area contributed by atoms with Crippen molar-refractivity contribution in [3.63, 3.8) is 0 Å². The third-order valence-corrected chi connectivity index (χ3v) is 12.5. The molecule has 4 rings (SSSR count). The van der Waals surface area contributed by atoms with E-state index >= 15 is 0 Å². The van der Waals surface area contributed by atoms with Crippen LogP contribution in [0.2, 0.25) is 0 Å². The highest BCUT2D eigenvalue weighted by molar-refractivity contribution is 6.01. The van der Waals surface area contributed by atoms with Gasteiger partial charge >= 0.3 is 0 Å². The van der Waals surface area contributed by atoms with E-state index < -0.39 is 84.4 Å². The molecule has 2 aliphatic heterocycles. The molecule has 2 heterocycles. The van der Waals surface area contributed by atoms with Crippen LogP contribution in [0, 0.1) is 10.8 Å². The largest absolute Gasteiger partial charge is 0.388 e. The first-order valence-electron chi connectivity index (χ1n) is 22.2. The van der Waals surface area contributed by atoms with Crippen molar-refractivity contribution in [1.29, 1.82) is 0 Å². The number of Topliss-reactive ketones (excluding diaryl/α,β-unsaturated/α-hetero) is 2. The molecular weight excluding hydrogens is 817 g/mol. The molecule has 0 spiro atoms. The molecule has 12 nitrogen and oxygen atoms in total. The molecule has 64 heavy (non-hydrogen) atoms. The molecule has 0 aromatic rings. The molecule has 0 bridgehead atoms. The number of ketones is 2. The van der Waals surface area contributed by atoms with Gasteiger partial charge in [0.1, 0.15) is 48.8 Å². The summed E-state index contributed by atoms with van der Waals surface area (Å²) < 4.78 is 23.0. The van der Waals surface area contributed by atoms with E-state index in [9.17, 15) is 40.2 Å². The average Bonchev–Trinajstić information content (AvgIpc) is 3.22. The number of aliphatic hydroxyl groups is 6. The highest BCUT2D eigenvalue weighted by atomic mass is 16.7. The Balaban J connectivity index is 1.29. The number of allylic oxidation sites excluding steroid dienone is 20. The lowest BCUT2D eigenvalue weighted by molar-refractivity contribution is -0.302. The predicted octanol–water partition coefficient (Wildman–Crippen LogP) is 6.61. The van der Waals surface area contributed by atoms with Crippen molar-refractivity contribution >= 4 is 11.6 Å². The molecule has 0 aromatic carbocycles. The van der Waals surface area contributed by atoms with Crippen molar-refractivity contribution in [1.82, 2.24) is 0 Å². The highest BCUT2D eigenvalue weighted by Gasteiger charge is 2.48. The molecule has 0 radical (unpaired) electrons. The van der Waals surface area contributed by atoms with Crippen molar-refractivity contribution in [2.45, 2.75) is 170 Å². The van der Waals surface area contributed by atoms with Gasteiger partial charge in [0.2, 0.25) is 0 Å². The summed E-state index contributed by atoms with van der Waals surface area (Å²) in [5.74, 6) is -0.411. The average molecular weight is 889 g/mol. The zero-order valence-electron chi connectivity index (χ0n) is 39.6. The van der Waals surface area contributed by atoms with E-state index in [1.165, 1.54) is 0 Å². The van der Waals surface area contributed by atoms with E-state index in [1.54, 1.807) is 27.7 Å². The van der Waals surface area contributed by atoms with Gasteiger partial charge in [-0.1, -0.05) is 135 Å². The highest BCUT2D eigenvalue weighted by Crippen LogP contribution is 2.43. The zero-order chi connectivity index (χ0) is 47.8. The Kier molecular flexibility index (Phi) is 18.5. The van der Waals surface area contributed by atoms with Gasteiger partial charge in [-0.25, -0.2) is 0 Å². The van der Waals surface area contributed by atoms with Gasteiger partial charge in [-0.05, 0) is 101 Å². The molecule has 12 heteroatoms. The summed E-state index contributed by atoms with van der Waals surface area (Å²) in [6.07, 6.45) is 14.6. The van der Waals surface area contributed by atoms with Crippen molar-refractivity contribution in [2.75, 3.05) is 0 Å².